The fourth-order valence-electron chi connectivity index (χ4n) is 2.20. The van der Waals surface area contributed by atoms with Crippen molar-refractivity contribution in [3.05, 3.63) is 0 Å². The van der Waals surface area contributed by atoms with E-state index in [1.54, 1.807) is 0 Å². The first kappa shape index (κ1) is 10.6. The van der Waals surface area contributed by atoms with Crippen LogP contribution in [0.5, 0.6) is 0 Å². The summed E-state index contributed by atoms with van der Waals surface area (Å²) in [6.45, 7) is 12.4. The zero-order valence-electron chi connectivity index (χ0n) is 9.44. The van der Waals surface area contributed by atoms with Gasteiger partial charge in [-0.2, -0.15) is 0 Å². The van der Waals surface area contributed by atoms with Gasteiger partial charge < -0.3 is 5.32 Å². The Labute approximate surface area is 82.3 Å². The lowest BCUT2D eigenvalue weighted by atomic mass is 10.0. The van der Waals surface area contributed by atoms with Crippen molar-refractivity contribution in [3.8, 4) is 12.3 Å². The second kappa shape index (κ2) is 3.03. The molecule has 0 aromatic heterocycles. The molecule has 0 aliphatic heterocycles. The van der Waals surface area contributed by atoms with Gasteiger partial charge in [0.25, 0.3) is 0 Å². The lowest BCUT2D eigenvalue weighted by Gasteiger charge is -2.08. The summed E-state index contributed by atoms with van der Waals surface area (Å²) in [7, 11) is 0. The summed E-state index contributed by atoms with van der Waals surface area (Å²) >= 11 is 0. The molecule has 1 aliphatic rings. The maximum atomic E-state index is 5.30. The van der Waals surface area contributed by atoms with E-state index in [0.717, 1.165) is 12.5 Å². The van der Waals surface area contributed by atoms with Crippen LogP contribution in [-0.4, -0.2) is 12.6 Å². The summed E-state index contributed by atoms with van der Waals surface area (Å²) in [6, 6.07) is 0.201. The molecule has 0 saturated heterocycles. The monoisotopic (exact) mass is 179 g/mol. The Balaban J connectivity index is 2.39. The third kappa shape index (κ3) is 1.60. The minimum absolute atomic E-state index is 0.201. The van der Waals surface area contributed by atoms with Crippen molar-refractivity contribution in [3.63, 3.8) is 0 Å². The van der Waals surface area contributed by atoms with Crippen molar-refractivity contribution < 1.29 is 0 Å². The van der Waals surface area contributed by atoms with Crippen molar-refractivity contribution in [2.45, 2.75) is 40.7 Å². The minimum atomic E-state index is 0.201. The molecule has 1 aliphatic carbocycles. The number of hydrogen-bond acceptors (Lipinski definition) is 1. The van der Waals surface area contributed by atoms with Gasteiger partial charge in [0.15, 0.2) is 0 Å². The Hall–Kier alpha value is -0.480. The zero-order chi connectivity index (χ0) is 10.3. The molecule has 0 spiro atoms. The predicted molar refractivity (Wildman–Crippen MR) is 57.3 cm³/mol. The summed E-state index contributed by atoms with van der Waals surface area (Å²) in [6.07, 6.45) is 5.30. The van der Waals surface area contributed by atoms with E-state index in [9.17, 15) is 0 Å². The van der Waals surface area contributed by atoms with Gasteiger partial charge in [-0.25, -0.2) is 0 Å². The van der Waals surface area contributed by atoms with Crippen LogP contribution in [0.3, 0.4) is 0 Å². The molecule has 1 heteroatoms. The highest BCUT2D eigenvalue weighted by Crippen LogP contribution is 2.67. The van der Waals surface area contributed by atoms with Gasteiger partial charge >= 0.3 is 0 Å². The standard InChI is InChI=1S/C12H21N/c1-7-9(2)13-8-10-11(3,4)12(10,5)6/h1,9-10,13H,8H2,2-6H3. The maximum Gasteiger partial charge on any atom is 0.0658 e. The molecule has 1 nitrogen and oxygen atoms in total. The molecule has 1 rings (SSSR count). The van der Waals surface area contributed by atoms with E-state index in [2.05, 4.69) is 38.9 Å². The molecule has 1 atom stereocenters. The van der Waals surface area contributed by atoms with E-state index in [1.165, 1.54) is 0 Å². The van der Waals surface area contributed by atoms with Crippen molar-refractivity contribution in [2.24, 2.45) is 16.7 Å². The molecule has 13 heavy (non-hydrogen) atoms. The van der Waals surface area contributed by atoms with E-state index in [0.29, 0.717) is 10.8 Å². The van der Waals surface area contributed by atoms with Crippen LogP contribution in [0.15, 0.2) is 0 Å². The highest BCUT2D eigenvalue weighted by molar-refractivity contribution is 5.13. The van der Waals surface area contributed by atoms with Crippen LogP contribution in [0.4, 0.5) is 0 Å². The van der Waals surface area contributed by atoms with E-state index < -0.39 is 0 Å². The van der Waals surface area contributed by atoms with Gasteiger partial charge in [0, 0.05) is 6.54 Å². The van der Waals surface area contributed by atoms with Crippen molar-refractivity contribution in [1.82, 2.24) is 5.32 Å². The van der Waals surface area contributed by atoms with Gasteiger partial charge in [0.1, 0.15) is 0 Å². The normalized spacial score (nSPS) is 26.5. The molecule has 74 valence electrons. The highest BCUT2D eigenvalue weighted by Gasteiger charge is 2.63. The molecule has 1 unspecified atom stereocenters. The molecule has 0 radical (unpaired) electrons. The Morgan fingerprint density at radius 2 is 1.77 bits per heavy atom. The molecular weight excluding hydrogens is 158 g/mol. The first-order valence-electron chi connectivity index (χ1n) is 5.03. The Kier molecular flexibility index (Phi) is 2.47. The van der Waals surface area contributed by atoms with Crippen LogP contribution in [0.25, 0.3) is 0 Å². The minimum Gasteiger partial charge on any atom is -0.304 e. The molecule has 0 amide bonds. The molecular formula is C12H21N. The third-order valence-corrected chi connectivity index (χ3v) is 4.20. The maximum absolute atomic E-state index is 5.30. The summed E-state index contributed by atoms with van der Waals surface area (Å²) in [5, 5.41) is 3.37. The molecule has 1 N–H and O–H groups in total. The molecule has 0 aromatic carbocycles. The predicted octanol–water partition coefficient (Wildman–Crippen LogP) is 2.28. The SMILES string of the molecule is C#CC(C)NCC1C(C)(C)C1(C)C. The molecule has 1 saturated carbocycles. The van der Waals surface area contributed by atoms with E-state index in [1.807, 2.05) is 6.92 Å². The molecule has 0 bridgehead atoms. The molecule has 0 heterocycles. The first-order chi connectivity index (χ1) is 5.84. The van der Waals surface area contributed by atoms with Crippen LogP contribution in [0.1, 0.15) is 34.6 Å². The van der Waals surface area contributed by atoms with Crippen molar-refractivity contribution in [2.75, 3.05) is 6.54 Å². The largest absolute Gasteiger partial charge is 0.304 e. The fraction of sp³-hybridized carbons (Fsp3) is 0.833. The number of nitrogens with one attached hydrogen (secondary N) is 1. The zero-order valence-corrected chi connectivity index (χ0v) is 9.44. The third-order valence-electron chi connectivity index (χ3n) is 4.20. The summed E-state index contributed by atoms with van der Waals surface area (Å²) in [5.74, 6) is 3.45. The summed E-state index contributed by atoms with van der Waals surface area (Å²) in [5.41, 5.74) is 0.933. The average molecular weight is 179 g/mol. The number of terminal acetylenes is 1. The van der Waals surface area contributed by atoms with Crippen LogP contribution in [0.2, 0.25) is 0 Å². The number of rotatable bonds is 3. The summed E-state index contributed by atoms with van der Waals surface area (Å²) in [4.78, 5) is 0. The van der Waals surface area contributed by atoms with Crippen molar-refractivity contribution in [1.29, 1.82) is 0 Å². The fourth-order valence-corrected chi connectivity index (χ4v) is 2.20. The smallest absolute Gasteiger partial charge is 0.0658 e. The second-order valence-corrected chi connectivity index (χ2v) is 5.29. The van der Waals surface area contributed by atoms with Gasteiger partial charge in [-0.05, 0) is 23.7 Å². The Morgan fingerprint density at radius 3 is 2.08 bits per heavy atom. The van der Waals surface area contributed by atoms with E-state index in [-0.39, 0.29) is 6.04 Å². The van der Waals surface area contributed by atoms with Crippen LogP contribution in [-0.2, 0) is 0 Å². The Bertz CT molecular complexity index is 218. The van der Waals surface area contributed by atoms with Gasteiger partial charge in [-0.1, -0.05) is 33.6 Å². The van der Waals surface area contributed by atoms with Crippen LogP contribution < -0.4 is 5.32 Å². The van der Waals surface area contributed by atoms with Gasteiger partial charge in [0.2, 0.25) is 0 Å². The highest BCUT2D eigenvalue weighted by atomic mass is 14.9. The van der Waals surface area contributed by atoms with Crippen molar-refractivity contribution >= 4 is 0 Å². The number of hydrogen-bond donors (Lipinski definition) is 1. The van der Waals surface area contributed by atoms with E-state index >= 15 is 0 Å². The topological polar surface area (TPSA) is 12.0 Å². The van der Waals surface area contributed by atoms with Gasteiger partial charge in [-0.3, -0.25) is 0 Å². The average Bonchev–Trinajstić information content (AvgIpc) is 2.40. The molecule has 1 fully saturated rings. The molecule has 0 aromatic rings. The second-order valence-electron chi connectivity index (χ2n) is 5.29. The summed E-state index contributed by atoms with van der Waals surface area (Å²) < 4.78 is 0. The van der Waals surface area contributed by atoms with Gasteiger partial charge in [0.05, 0.1) is 6.04 Å². The lowest BCUT2D eigenvalue weighted by molar-refractivity contribution is 0.457. The van der Waals surface area contributed by atoms with E-state index in [4.69, 9.17) is 6.42 Å². The Morgan fingerprint density at radius 1 is 1.31 bits per heavy atom. The quantitative estimate of drug-likeness (QED) is 0.655. The lowest BCUT2D eigenvalue weighted by Crippen LogP contribution is -2.27. The van der Waals surface area contributed by atoms with Crippen LogP contribution >= 0.6 is 0 Å². The van der Waals surface area contributed by atoms with Gasteiger partial charge in [-0.15, -0.1) is 6.42 Å². The van der Waals surface area contributed by atoms with Crippen LogP contribution in [0, 0.1) is 29.1 Å². The first-order valence-corrected chi connectivity index (χ1v) is 5.03.